The molecule has 1 amide bonds. The number of hydrogen-bond donors (Lipinski definition) is 1. The average Bonchev–Trinajstić information content (AvgIpc) is 2.30. The van der Waals surface area contributed by atoms with Gasteiger partial charge in [0.1, 0.15) is 5.71 Å². The van der Waals surface area contributed by atoms with Gasteiger partial charge in [0, 0.05) is 24.4 Å². The Labute approximate surface area is 100 Å². The molecule has 7 heteroatoms. The molecule has 0 saturated heterocycles. The Morgan fingerprint density at radius 3 is 2.35 bits per heavy atom. The van der Waals surface area contributed by atoms with Crippen LogP contribution in [0, 0.1) is 10.1 Å². The summed E-state index contributed by atoms with van der Waals surface area (Å²) in [6.07, 6.45) is 1.10. The lowest BCUT2D eigenvalue weighted by Crippen LogP contribution is -2.36. The predicted octanol–water partition coefficient (Wildman–Crippen LogP) is 1.13. The van der Waals surface area contributed by atoms with Crippen LogP contribution >= 0.6 is 0 Å². The molecule has 1 N–H and O–H groups in total. The first kappa shape index (κ1) is 15.3. The first-order chi connectivity index (χ1) is 8.06. The maximum absolute atomic E-state index is 11.8. The Morgan fingerprint density at radius 1 is 1.35 bits per heavy atom. The molecule has 0 radical (unpaired) electrons. The highest BCUT2D eigenvalue weighted by Crippen LogP contribution is 2.02. The fourth-order valence-electron chi connectivity index (χ4n) is 1.43. The van der Waals surface area contributed by atoms with Crippen LogP contribution in [0.25, 0.3) is 0 Å². The molecular weight excluding hydrogens is 226 g/mol. The summed E-state index contributed by atoms with van der Waals surface area (Å²) in [5, 5.41) is 21.8. The Hall–Kier alpha value is -1.66. The van der Waals surface area contributed by atoms with Crippen LogP contribution in [0.2, 0.25) is 0 Å². The molecule has 0 unspecified atom stereocenters. The van der Waals surface area contributed by atoms with Crippen molar-refractivity contribution in [2.24, 2.45) is 5.16 Å². The van der Waals surface area contributed by atoms with Gasteiger partial charge in [-0.05, 0) is 26.7 Å². The van der Waals surface area contributed by atoms with Crippen molar-refractivity contribution < 1.29 is 14.9 Å². The summed E-state index contributed by atoms with van der Waals surface area (Å²) in [5.41, 5.74) is 0.0667. The topological polar surface area (TPSA) is 96.0 Å². The molecule has 0 aromatic rings. The molecule has 0 bridgehead atoms. The lowest BCUT2D eigenvalue weighted by Gasteiger charge is -2.18. The highest BCUT2D eigenvalue weighted by Gasteiger charge is 2.17. The van der Waals surface area contributed by atoms with Crippen LogP contribution < -0.4 is 0 Å². The smallest absolute Gasteiger partial charge is 0.271 e. The third kappa shape index (κ3) is 5.84. The molecule has 98 valence electrons. The van der Waals surface area contributed by atoms with Gasteiger partial charge >= 0.3 is 0 Å². The Kier molecular flexibility index (Phi) is 7.66. The molecule has 17 heavy (non-hydrogen) atoms. The summed E-state index contributed by atoms with van der Waals surface area (Å²) < 4.78 is 0. The van der Waals surface area contributed by atoms with Gasteiger partial charge in [-0.15, -0.1) is 0 Å². The quantitative estimate of drug-likeness (QED) is 0.228. The molecule has 0 aliphatic carbocycles. The molecule has 0 heterocycles. The van der Waals surface area contributed by atoms with Gasteiger partial charge in [-0.2, -0.15) is 0 Å². The van der Waals surface area contributed by atoms with Crippen molar-refractivity contribution >= 4 is 11.6 Å². The van der Waals surface area contributed by atoms with E-state index in [1.165, 1.54) is 0 Å². The minimum absolute atomic E-state index is 0.0667. The summed E-state index contributed by atoms with van der Waals surface area (Å²) >= 11 is 0. The minimum atomic E-state index is -0.401. The number of rotatable bonds is 8. The summed E-state index contributed by atoms with van der Waals surface area (Å²) in [6, 6.07) is 0. The van der Waals surface area contributed by atoms with Crippen LogP contribution in [0.15, 0.2) is 5.16 Å². The first-order valence-electron chi connectivity index (χ1n) is 5.68. The zero-order valence-electron chi connectivity index (χ0n) is 10.3. The molecule has 0 spiro atoms. The lowest BCUT2D eigenvalue weighted by molar-refractivity contribution is -0.480. The predicted molar refractivity (Wildman–Crippen MR) is 62.9 cm³/mol. The molecule has 0 aliphatic rings. The number of hydrogen-bond acceptors (Lipinski definition) is 5. The van der Waals surface area contributed by atoms with Gasteiger partial charge in [-0.25, -0.2) is 0 Å². The SMILES string of the molecule is CCN(CC)C(=O)C(CCCC[N+](=O)[O-])=NO. The maximum Gasteiger partial charge on any atom is 0.271 e. The van der Waals surface area contributed by atoms with E-state index >= 15 is 0 Å². The van der Waals surface area contributed by atoms with Crippen molar-refractivity contribution in [3.05, 3.63) is 10.1 Å². The van der Waals surface area contributed by atoms with E-state index in [9.17, 15) is 14.9 Å². The first-order valence-corrected chi connectivity index (χ1v) is 5.68. The van der Waals surface area contributed by atoms with Gasteiger partial charge in [0.15, 0.2) is 0 Å². The molecule has 0 fully saturated rings. The molecule has 0 atom stereocenters. The van der Waals surface area contributed by atoms with Gasteiger partial charge in [-0.3, -0.25) is 14.9 Å². The van der Waals surface area contributed by atoms with E-state index < -0.39 is 4.92 Å². The second-order valence-corrected chi connectivity index (χ2v) is 3.54. The van der Waals surface area contributed by atoms with E-state index in [2.05, 4.69) is 5.16 Å². The second kappa shape index (κ2) is 8.49. The summed E-state index contributed by atoms with van der Waals surface area (Å²) in [6.45, 7) is 4.64. The fourth-order valence-corrected chi connectivity index (χ4v) is 1.43. The number of unbranched alkanes of at least 4 members (excludes halogenated alkanes) is 1. The monoisotopic (exact) mass is 245 g/mol. The zero-order chi connectivity index (χ0) is 13.3. The Morgan fingerprint density at radius 2 is 1.94 bits per heavy atom. The summed E-state index contributed by atoms with van der Waals surface area (Å²) in [7, 11) is 0. The van der Waals surface area contributed by atoms with E-state index in [-0.39, 0.29) is 24.6 Å². The number of nitrogens with zero attached hydrogens (tertiary/aromatic N) is 3. The summed E-state index contributed by atoms with van der Waals surface area (Å²) in [4.78, 5) is 23.0. The number of carbonyl (C=O) groups is 1. The van der Waals surface area contributed by atoms with Gasteiger partial charge in [0.2, 0.25) is 6.54 Å². The Balaban J connectivity index is 4.16. The van der Waals surface area contributed by atoms with Crippen LogP contribution in [-0.4, -0.2) is 46.3 Å². The average molecular weight is 245 g/mol. The van der Waals surface area contributed by atoms with Crippen molar-refractivity contribution in [3.8, 4) is 0 Å². The third-order valence-corrected chi connectivity index (χ3v) is 2.42. The Bertz CT molecular complexity index is 287. The standard InChI is InChI=1S/C10H19N3O4/c1-3-12(4-2)10(14)9(11-15)7-5-6-8-13(16)17/h15H,3-8H2,1-2H3. The highest BCUT2D eigenvalue weighted by molar-refractivity contribution is 6.38. The normalized spacial score (nSPS) is 11.3. The largest absolute Gasteiger partial charge is 0.410 e. The van der Waals surface area contributed by atoms with Crippen molar-refractivity contribution in [1.29, 1.82) is 0 Å². The molecule has 7 nitrogen and oxygen atoms in total. The molecule has 0 saturated carbocycles. The van der Waals surface area contributed by atoms with Gasteiger partial charge in [0.05, 0.1) is 0 Å². The molecule has 0 rings (SSSR count). The van der Waals surface area contributed by atoms with Crippen molar-refractivity contribution in [3.63, 3.8) is 0 Å². The fraction of sp³-hybridized carbons (Fsp3) is 0.800. The van der Waals surface area contributed by atoms with Crippen LogP contribution in [0.3, 0.4) is 0 Å². The third-order valence-electron chi connectivity index (χ3n) is 2.42. The lowest BCUT2D eigenvalue weighted by atomic mass is 10.1. The van der Waals surface area contributed by atoms with E-state index in [0.717, 1.165) is 0 Å². The van der Waals surface area contributed by atoms with E-state index in [0.29, 0.717) is 25.9 Å². The van der Waals surface area contributed by atoms with Gasteiger partial charge in [0.25, 0.3) is 5.91 Å². The second-order valence-electron chi connectivity index (χ2n) is 3.54. The van der Waals surface area contributed by atoms with Crippen molar-refractivity contribution in [2.75, 3.05) is 19.6 Å². The van der Waals surface area contributed by atoms with Crippen LogP contribution in [0.4, 0.5) is 0 Å². The molecule has 0 aromatic carbocycles. The van der Waals surface area contributed by atoms with E-state index in [4.69, 9.17) is 5.21 Å². The highest BCUT2D eigenvalue weighted by atomic mass is 16.6. The zero-order valence-corrected chi connectivity index (χ0v) is 10.3. The van der Waals surface area contributed by atoms with Crippen LogP contribution in [0.5, 0.6) is 0 Å². The van der Waals surface area contributed by atoms with Gasteiger partial charge in [-0.1, -0.05) is 5.16 Å². The number of nitro groups is 1. The van der Waals surface area contributed by atoms with Crippen molar-refractivity contribution in [1.82, 2.24) is 4.90 Å². The van der Waals surface area contributed by atoms with E-state index in [1.54, 1.807) is 4.90 Å². The number of carbonyl (C=O) groups excluding carboxylic acids is 1. The van der Waals surface area contributed by atoms with Crippen LogP contribution in [0.1, 0.15) is 33.1 Å². The number of amides is 1. The van der Waals surface area contributed by atoms with Crippen LogP contribution in [-0.2, 0) is 4.79 Å². The summed E-state index contributed by atoms with van der Waals surface area (Å²) in [5.74, 6) is -0.307. The molecule has 0 aliphatic heterocycles. The number of oxime groups is 1. The van der Waals surface area contributed by atoms with Crippen molar-refractivity contribution in [2.45, 2.75) is 33.1 Å². The maximum atomic E-state index is 11.8. The molecular formula is C10H19N3O4. The molecule has 0 aromatic heterocycles. The minimum Gasteiger partial charge on any atom is -0.410 e. The van der Waals surface area contributed by atoms with Gasteiger partial charge < -0.3 is 10.1 Å². The van der Waals surface area contributed by atoms with E-state index in [1.807, 2.05) is 13.8 Å².